The summed E-state index contributed by atoms with van der Waals surface area (Å²) in [6.07, 6.45) is 1.81. The molecule has 1 atom stereocenters. The average molecular weight is 356 g/mol. The number of methoxy groups -OCH3 is 1. The van der Waals surface area contributed by atoms with E-state index >= 15 is 0 Å². The van der Waals surface area contributed by atoms with Gasteiger partial charge in [0.1, 0.15) is 10.6 Å². The minimum Gasteiger partial charge on any atom is -0.495 e. The van der Waals surface area contributed by atoms with Crippen molar-refractivity contribution in [3.8, 4) is 5.75 Å². The summed E-state index contributed by atoms with van der Waals surface area (Å²) < 4.78 is 32.9. The normalized spacial score (nSPS) is 12.9. The maximum atomic E-state index is 12.7. The number of rotatable bonds is 9. The van der Waals surface area contributed by atoms with E-state index < -0.39 is 16.1 Å². The summed E-state index contributed by atoms with van der Waals surface area (Å²) in [6, 6.07) is 4.20. The predicted molar refractivity (Wildman–Crippen MR) is 94.8 cm³/mol. The Hall–Kier alpha value is -1.60. The lowest BCUT2D eigenvalue weighted by atomic mass is 10.0. The molecule has 24 heavy (non-hydrogen) atoms. The highest BCUT2D eigenvalue weighted by Crippen LogP contribution is 2.28. The Balaban J connectivity index is 2.99. The van der Waals surface area contributed by atoms with Crippen molar-refractivity contribution >= 4 is 15.9 Å². The first-order valence-electron chi connectivity index (χ1n) is 8.20. The second-order valence-electron chi connectivity index (χ2n) is 6.05. The first-order chi connectivity index (χ1) is 11.2. The lowest BCUT2D eigenvalue weighted by Crippen LogP contribution is -2.45. The lowest BCUT2D eigenvalue weighted by molar-refractivity contribution is -0.122. The number of unbranched alkanes of at least 4 members (excludes halogenated alkanes) is 1. The van der Waals surface area contributed by atoms with Crippen LogP contribution in [0.15, 0.2) is 23.1 Å². The number of nitrogens with one attached hydrogen (secondary N) is 2. The third-order valence-electron chi connectivity index (χ3n) is 3.70. The third-order valence-corrected chi connectivity index (χ3v) is 5.26. The summed E-state index contributed by atoms with van der Waals surface area (Å²) >= 11 is 0. The van der Waals surface area contributed by atoms with Crippen LogP contribution >= 0.6 is 0 Å². The monoisotopic (exact) mass is 356 g/mol. The van der Waals surface area contributed by atoms with E-state index in [1.807, 2.05) is 26.8 Å². The van der Waals surface area contributed by atoms with Gasteiger partial charge in [-0.25, -0.2) is 8.42 Å². The van der Waals surface area contributed by atoms with E-state index in [1.54, 1.807) is 12.1 Å². The van der Waals surface area contributed by atoms with Crippen molar-refractivity contribution in [1.82, 2.24) is 10.0 Å². The quantitative estimate of drug-likeness (QED) is 0.666. The summed E-state index contributed by atoms with van der Waals surface area (Å²) in [7, 11) is -2.45. The molecule has 1 amide bonds. The minimum atomic E-state index is -3.87. The molecule has 0 aliphatic rings. The van der Waals surface area contributed by atoms with Crippen molar-refractivity contribution in [3.05, 3.63) is 23.8 Å². The molecule has 136 valence electrons. The summed E-state index contributed by atoms with van der Waals surface area (Å²) in [6.45, 7) is 8.04. The van der Waals surface area contributed by atoms with Gasteiger partial charge in [-0.2, -0.15) is 4.72 Å². The van der Waals surface area contributed by atoms with Crippen molar-refractivity contribution in [2.24, 2.45) is 0 Å². The number of benzene rings is 1. The van der Waals surface area contributed by atoms with Gasteiger partial charge in [0.2, 0.25) is 15.9 Å². The standard InChI is InChI=1S/C17H28N2O4S/c1-6-7-10-18-17(20)13(4)19-24(21,22)16-11-14(12(2)3)8-9-15(16)23-5/h8-9,11-13,19H,6-7,10H2,1-5H3,(H,18,20). The second kappa shape index (κ2) is 9.03. The number of sulfonamides is 1. The van der Waals surface area contributed by atoms with E-state index in [4.69, 9.17) is 4.74 Å². The number of amides is 1. The van der Waals surface area contributed by atoms with Crippen LogP contribution in [-0.2, 0) is 14.8 Å². The van der Waals surface area contributed by atoms with E-state index in [9.17, 15) is 13.2 Å². The van der Waals surface area contributed by atoms with Crippen LogP contribution in [0.4, 0.5) is 0 Å². The average Bonchev–Trinajstić information content (AvgIpc) is 2.53. The number of hydrogen-bond donors (Lipinski definition) is 2. The number of ether oxygens (including phenoxy) is 1. The van der Waals surface area contributed by atoms with Gasteiger partial charge in [0.05, 0.1) is 13.2 Å². The number of carbonyl (C=O) groups is 1. The van der Waals surface area contributed by atoms with Gasteiger partial charge in [-0.3, -0.25) is 4.79 Å². The van der Waals surface area contributed by atoms with E-state index in [-0.39, 0.29) is 22.5 Å². The molecule has 0 saturated heterocycles. The van der Waals surface area contributed by atoms with Crippen molar-refractivity contribution in [2.45, 2.75) is 57.4 Å². The van der Waals surface area contributed by atoms with Crippen molar-refractivity contribution in [1.29, 1.82) is 0 Å². The summed E-state index contributed by atoms with van der Waals surface area (Å²) in [5.74, 6) is 0.0936. The molecule has 1 aromatic rings. The van der Waals surface area contributed by atoms with Gasteiger partial charge >= 0.3 is 0 Å². The Kier molecular flexibility index (Phi) is 7.69. The SMILES string of the molecule is CCCCNC(=O)C(C)NS(=O)(=O)c1cc(C(C)C)ccc1OC. The van der Waals surface area contributed by atoms with E-state index in [2.05, 4.69) is 10.0 Å². The fourth-order valence-corrected chi connectivity index (χ4v) is 3.56. The van der Waals surface area contributed by atoms with Crippen LogP contribution in [0, 0.1) is 0 Å². The highest BCUT2D eigenvalue weighted by Gasteiger charge is 2.25. The zero-order valence-electron chi connectivity index (χ0n) is 15.0. The predicted octanol–water partition coefficient (Wildman–Crippen LogP) is 2.40. The molecule has 0 saturated carbocycles. The fourth-order valence-electron chi connectivity index (χ4n) is 2.15. The summed E-state index contributed by atoms with van der Waals surface area (Å²) in [5, 5.41) is 2.72. The Morgan fingerprint density at radius 3 is 2.46 bits per heavy atom. The maximum Gasteiger partial charge on any atom is 0.244 e. The van der Waals surface area contributed by atoms with Gasteiger partial charge < -0.3 is 10.1 Å². The zero-order valence-corrected chi connectivity index (χ0v) is 15.9. The molecular weight excluding hydrogens is 328 g/mol. The largest absolute Gasteiger partial charge is 0.495 e. The van der Waals surface area contributed by atoms with Crippen LogP contribution in [0.1, 0.15) is 52.0 Å². The first-order valence-corrected chi connectivity index (χ1v) is 9.69. The molecule has 0 fully saturated rings. The van der Waals surface area contributed by atoms with Crippen LogP contribution < -0.4 is 14.8 Å². The smallest absolute Gasteiger partial charge is 0.244 e. The summed E-state index contributed by atoms with van der Waals surface area (Å²) in [5.41, 5.74) is 0.885. The molecular formula is C17H28N2O4S. The molecule has 1 unspecified atom stereocenters. The Morgan fingerprint density at radius 2 is 1.92 bits per heavy atom. The number of carbonyl (C=O) groups excluding carboxylic acids is 1. The lowest BCUT2D eigenvalue weighted by Gasteiger charge is -2.17. The van der Waals surface area contributed by atoms with Gasteiger partial charge in [-0.15, -0.1) is 0 Å². The molecule has 0 aliphatic heterocycles. The van der Waals surface area contributed by atoms with Gasteiger partial charge in [-0.05, 0) is 37.0 Å². The highest BCUT2D eigenvalue weighted by molar-refractivity contribution is 7.89. The van der Waals surface area contributed by atoms with Crippen molar-refractivity contribution in [2.75, 3.05) is 13.7 Å². The van der Waals surface area contributed by atoms with E-state index in [0.29, 0.717) is 6.54 Å². The molecule has 2 N–H and O–H groups in total. The Labute approximate surface area is 145 Å². The van der Waals surface area contributed by atoms with Crippen LogP contribution in [0.25, 0.3) is 0 Å². The second-order valence-corrected chi connectivity index (χ2v) is 7.73. The van der Waals surface area contributed by atoms with Crippen LogP contribution in [0.3, 0.4) is 0 Å². The topological polar surface area (TPSA) is 84.5 Å². The first kappa shape index (κ1) is 20.4. The van der Waals surface area contributed by atoms with E-state index in [0.717, 1.165) is 18.4 Å². The third kappa shape index (κ3) is 5.49. The van der Waals surface area contributed by atoms with Gasteiger partial charge in [0, 0.05) is 6.54 Å². The Bertz CT molecular complexity index is 657. The molecule has 0 aromatic heterocycles. The molecule has 0 spiro atoms. The van der Waals surface area contributed by atoms with Crippen LogP contribution in [-0.4, -0.2) is 34.0 Å². The molecule has 0 aliphatic carbocycles. The van der Waals surface area contributed by atoms with Crippen LogP contribution in [0.2, 0.25) is 0 Å². The minimum absolute atomic E-state index is 0.0457. The molecule has 0 radical (unpaired) electrons. The Morgan fingerprint density at radius 1 is 1.25 bits per heavy atom. The van der Waals surface area contributed by atoms with Gasteiger partial charge in [-0.1, -0.05) is 33.3 Å². The van der Waals surface area contributed by atoms with Crippen molar-refractivity contribution < 1.29 is 17.9 Å². The zero-order chi connectivity index (χ0) is 18.3. The maximum absolute atomic E-state index is 12.7. The molecule has 1 rings (SSSR count). The van der Waals surface area contributed by atoms with Crippen molar-refractivity contribution in [3.63, 3.8) is 0 Å². The number of hydrogen-bond acceptors (Lipinski definition) is 4. The van der Waals surface area contributed by atoms with Crippen LogP contribution in [0.5, 0.6) is 5.75 Å². The molecule has 1 aromatic carbocycles. The highest BCUT2D eigenvalue weighted by atomic mass is 32.2. The molecule has 6 nitrogen and oxygen atoms in total. The van der Waals surface area contributed by atoms with Gasteiger partial charge in [0.15, 0.2) is 0 Å². The van der Waals surface area contributed by atoms with Gasteiger partial charge in [0.25, 0.3) is 0 Å². The fraction of sp³-hybridized carbons (Fsp3) is 0.588. The van der Waals surface area contributed by atoms with E-state index in [1.165, 1.54) is 14.0 Å². The molecule has 7 heteroatoms. The molecule has 0 bridgehead atoms. The molecule has 0 heterocycles. The summed E-state index contributed by atoms with van der Waals surface area (Å²) in [4.78, 5) is 12.0.